The Bertz CT molecular complexity index is 264. The van der Waals surface area contributed by atoms with Crippen LogP contribution < -0.4 is 0 Å². The van der Waals surface area contributed by atoms with E-state index in [1.54, 1.807) is 0 Å². The van der Waals surface area contributed by atoms with Crippen LogP contribution in [0.4, 0.5) is 0 Å². The van der Waals surface area contributed by atoms with Crippen LogP contribution in [-0.2, 0) is 4.39 Å². The molecule has 4 heteroatoms. The third kappa shape index (κ3) is 2.52. The molecular formula is C7H5BrClNO. The van der Waals surface area contributed by atoms with Crippen LogP contribution in [0.3, 0.4) is 0 Å². The van der Waals surface area contributed by atoms with Crippen LogP contribution in [0.25, 0.3) is 0 Å². The molecule has 0 N–H and O–H groups in total. The molecule has 1 aromatic rings. The standard InChI is InChI=1S/C7H5BrClNO/c8-7-4-2-1-3-6(7)5-10-11-9/h1-5H. The normalized spacial score (nSPS) is 10.4. The maximum atomic E-state index is 4.89. The summed E-state index contributed by atoms with van der Waals surface area (Å²) in [6.45, 7) is 0. The van der Waals surface area contributed by atoms with Crippen molar-refractivity contribution in [2.45, 2.75) is 0 Å². The maximum Gasteiger partial charge on any atom is 0.167 e. The zero-order valence-corrected chi connectivity index (χ0v) is 7.84. The Morgan fingerprint density at radius 1 is 1.45 bits per heavy atom. The zero-order chi connectivity index (χ0) is 8.10. The lowest BCUT2D eigenvalue weighted by Gasteiger charge is -1.93. The minimum Gasteiger partial charge on any atom is -0.277 e. The third-order valence-electron chi connectivity index (χ3n) is 1.14. The Labute approximate surface area is 78.1 Å². The van der Waals surface area contributed by atoms with Crippen LogP contribution in [-0.4, -0.2) is 6.21 Å². The van der Waals surface area contributed by atoms with Gasteiger partial charge in [0.25, 0.3) is 0 Å². The van der Waals surface area contributed by atoms with Crippen LogP contribution in [0.15, 0.2) is 33.9 Å². The molecule has 58 valence electrons. The van der Waals surface area contributed by atoms with Crippen molar-refractivity contribution in [2.75, 3.05) is 0 Å². The molecule has 0 saturated carbocycles. The van der Waals surface area contributed by atoms with Gasteiger partial charge in [0.1, 0.15) is 0 Å². The molecule has 0 radical (unpaired) electrons. The summed E-state index contributed by atoms with van der Waals surface area (Å²) in [6, 6.07) is 7.63. The molecule has 0 amide bonds. The largest absolute Gasteiger partial charge is 0.277 e. The van der Waals surface area contributed by atoms with Gasteiger partial charge in [-0.15, -0.1) is 0 Å². The lowest BCUT2D eigenvalue weighted by molar-refractivity contribution is 0.383. The summed E-state index contributed by atoms with van der Waals surface area (Å²) < 4.78 is 4.98. The Balaban J connectivity index is 2.86. The van der Waals surface area contributed by atoms with E-state index in [1.807, 2.05) is 24.3 Å². The number of hydrogen-bond acceptors (Lipinski definition) is 2. The van der Waals surface area contributed by atoms with Gasteiger partial charge in [-0.05, 0) is 6.07 Å². The molecule has 0 spiro atoms. The summed E-state index contributed by atoms with van der Waals surface area (Å²) in [5.74, 6) is 0. The van der Waals surface area contributed by atoms with E-state index in [2.05, 4.69) is 25.5 Å². The second-order valence-electron chi connectivity index (χ2n) is 1.83. The average molecular weight is 234 g/mol. The van der Waals surface area contributed by atoms with Gasteiger partial charge in [-0.1, -0.05) is 39.3 Å². The molecule has 0 unspecified atom stereocenters. The molecule has 1 rings (SSSR count). The van der Waals surface area contributed by atoms with E-state index in [4.69, 9.17) is 11.9 Å². The second-order valence-corrected chi connectivity index (χ2v) is 2.82. The Morgan fingerprint density at radius 2 is 2.18 bits per heavy atom. The lowest BCUT2D eigenvalue weighted by atomic mass is 10.2. The van der Waals surface area contributed by atoms with Crippen molar-refractivity contribution in [1.82, 2.24) is 0 Å². The molecule has 0 fully saturated rings. The van der Waals surface area contributed by atoms with Gasteiger partial charge < -0.3 is 0 Å². The fourth-order valence-corrected chi connectivity index (χ4v) is 1.08. The number of nitrogens with zero attached hydrogens (tertiary/aromatic N) is 1. The molecule has 0 bridgehead atoms. The van der Waals surface area contributed by atoms with Gasteiger partial charge in [0, 0.05) is 10.0 Å². The highest BCUT2D eigenvalue weighted by Crippen LogP contribution is 2.13. The summed E-state index contributed by atoms with van der Waals surface area (Å²) >= 11 is 8.23. The van der Waals surface area contributed by atoms with E-state index in [0.29, 0.717) is 0 Å². The first-order valence-electron chi connectivity index (χ1n) is 2.90. The number of rotatable bonds is 2. The molecular weight excluding hydrogens is 229 g/mol. The molecule has 0 saturated heterocycles. The van der Waals surface area contributed by atoms with Crippen molar-refractivity contribution in [3.8, 4) is 0 Å². The molecule has 11 heavy (non-hydrogen) atoms. The predicted molar refractivity (Wildman–Crippen MR) is 48.7 cm³/mol. The lowest BCUT2D eigenvalue weighted by Crippen LogP contribution is -1.81. The van der Waals surface area contributed by atoms with Gasteiger partial charge >= 0.3 is 0 Å². The van der Waals surface area contributed by atoms with E-state index in [9.17, 15) is 0 Å². The highest BCUT2D eigenvalue weighted by Gasteiger charge is 1.92. The summed E-state index contributed by atoms with van der Waals surface area (Å²) in [5, 5.41) is 3.41. The van der Waals surface area contributed by atoms with Crippen LogP contribution in [0.1, 0.15) is 5.56 Å². The van der Waals surface area contributed by atoms with E-state index in [-0.39, 0.29) is 0 Å². The first-order chi connectivity index (χ1) is 5.34. The van der Waals surface area contributed by atoms with Crippen LogP contribution in [0, 0.1) is 0 Å². The quantitative estimate of drug-likeness (QED) is 0.569. The summed E-state index contributed by atoms with van der Waals surface area (Å²) in [7, 11) is 0. The second kappa shape index (κ2) is 4.36. The smallest absolute Gasteiger partial charge is 0.167 e. The van der Waals surface area contributed by atoms with Gasteiger partial charge in [-0.25, -0.2) is 0 Å². The van der Waals surface area contributed by atoms with E-state index >= 15 is 0 Å². The van der Waals surface area contributed by atoms with Crippen molar-refractivity contribution in [1.29, 1.82) is 0 Å². The number of oxime groups is 1. The third-order valence-corrected chi connectivity index (χ3v) is 1.94. The average Bonchev–Trinajstić information content (AvgIpc) is 2.03. The minimum absolute atomic E-state index is 0.924. The fourth-order valence-electron chi connectivity index (χ4n) is 0.656. The molecule has 0 heterocycles. The highest BCUT2D eigenvalue weighted by atomic mass is 79.9. The van der Waals surface area contributed by atoms with Gasteiger partial charge in [0.2, 0.25) is 0 Å². The van der Waals surface area contributed by atoms with Crippen LogP contribution in [0.5, 0.6) is 0 Å². The number of halogens is 2. The molecule has 0 aliphatic heterocycles. The highest BCUT2D eigenvalue weighted by molar-refractivity contribution is 9.10. The first kappa shape index (κ1) is 8.56. The number of benzene rings is 1. The molecule has 2 nitrogen and oxygen atoms in total. The monoisotopic (exact) mass is 233 g/mol. The summed E-state index contributed by atoms with van der Waals surface area (Å²) in [6.07, 6.45) is 1.52. The molecule has 0 atom stereocenters. The van der Waals surface area contributed by atoms with Crippen molar-refractivity contribution >= 4 is 34.0 Å². The fraction of sp³-hybridized carbons (Fsp3) is 0. The van der Waals surface area contributed by atoms with E-state index in [1.165, 1.54) is 6.21 Å². The molecule has 0 aliphatic rings. The first-order valence-corrected chi connectivity index (χ1v) is 4.00. The predicted octanol–water partition coefficient (Wildman–Crippen LogP) is 2.95. The van der Waals surface area contributed by atoms with Crippen LogP contribution >= 0.6 is 27.8 Å². The Hall–Kier alpha value is -0.540. The van der Waals surface area contributed by atoms with Crippen molar-refractivity contribution in [2.24, 2.45) is 5.16 Å². The molecule has 0 aliphatic carbocycles. The van der Waals surface area contributed by atoms with E-state index in [0.717, 1.165) is 10.0 Å². The van der Waals surface area contributed by atoms with E-state index < -0.39 is 0 Å². The maximum absolute atomic E-state index is 4.89. The van der Waals surface area contributed by atoms with Gasteiger partial charge in [0.15, 0.2) is 11.9 Å². The zero-order valence-electron chi connectivity index (χ0n) is 5.50. The summed E-state index contributed by atoms with van der Waals surface area (Å²) in [5.41, 5.74) is 0.924. The van der Waals surface area contributed by atoms with Crippen molar-refractivity contribution in [3.63, 3.8) is 0 Å². The Kier molecular flexibility index (Phi) is 3.39. The number of hydrogen-bond donors (Lipinski definition) is 0. The van der Waals surface area contributed by atoms with Gasteiger partial charge in [-0.3, -0.25) is 4.39 Å². The van der Waals surface area contributed by atoms with Gasteiger partial charge in [0.05, 0.1) is 6.21 Å². The Morgan fingerprint density at radius 3 is 2.82 bits per heavy atom. The van der Waals surface area contributed by atoms with Crippen LogP contribution in [0.2, 0.25) is 0 Å². The topological polar surface area (TPSA) is 21.6 Å². The molecule has 1 aromatic carbocycles. The minimum atomic E-state index is 0.924. The van der Waals surface area contributed by atoms with Crippen molar-refractivity contribution < 1.29 is 4.39 Å². The SMILES string of the molecule is ClON=Cc1ccccc1Br. The summed E-state index contributed by atoms with van der Waals surface area (Å²) in [4.78, 5) is 0. The van der Waals surface area contributed by atoms with Crippen molar-refractivity contribution in [3.05, 3.63) is 34.3 Å². The molecule has 0 aromatic heterocycles. The van der Waals surface area contributed by atoms with Gasteiger partial charge in [-0.2, -0.15) is 0 Å².